The van der Waals surface area contributed by atoms with Crippen molar-refractivity contribution >= 4 is 5.91 Å². The second-order valence-corrected chi connectivity index (χ2v) is 6.78. The van der Waals surface area contributed by atoms with Gasteiger partial charge in [0.1, 0.15) is 5.82 Å². The quantitative estimate of drug-likeness (QED) is 0.922. The summed E-state index contributed by atoms with van der Waals surface area (Å²) in [6, 6.07) is 2.00. The van der Waals surface area contributed by atoms with Crippen molar-refractivity contribution in [1.29, 1.82) is 0 Å². The first-order chi connectivity index (χ1) is 11.7. The molecule has 1 aliphatic heterocycles. The number of hydrogen-bond acceptors (Lipinski definition) is 4. The minimum Gasteiger partial charge on any atom is -0.355 e. The number of rotatable bonds is 4. The first-order valence-electron chi connectivity index (χ1n) is 8.84. The molecule has 126 valence electrons. The molecular formula is C18H23N5O. The molecule has 2 aromatic rings. The fraction of sp³-hybridized carbons (Fsp3) is 0.556. The van der Waals surface area contributed by atoms with E-state index in [1.165, 1.54) is 17.7 Å². The predicted octanol–water partition coefficient (Wildman–Crippen LogP) is 1.39. The van der Waals surface area contributed by atoms with Gasteiger partial charge in [-0.2, -0.15) is 5.10 Å². The van der Waals surface area contributed by atoms with Gasteiger partial charge in [0.15, 0.2) is 0 Å². The van der Waals surface area contributed by atoms with Crippen LogP contribution >= 0.6 is 0 Å². The van der Waals surface area contributed by atoms with Gasteiger partial charge in [0.2, 0.25) is 5.91 Å². The maximum absolute atomic E-state index is 12.4. The Balaban J connectivity index is 1.32. The van der Waals surface area contributed by atoms with Gasteiger partial charge < -0.3 is 5.32 Å². The molecule has 1 N–H and O–H groups in total. The lowest BCUT2D eigenvalue weighted by molar-refractivity contribution is -0.125. The molecule has 0 spiro atoms. The Labute approximate surface area is 141 Å². The van der Waals surface area contributed by atoms with Crippen LogP contribution < -0.4 is 5.32 Å². The van der Waals surface area contributed by atoms with E-state index in [0.29, 0.717) is 13.0 Å². The highest BCUT2D eigenvalue weighted by Gasteiger charge is 2.24. The third-order valence-corrected chi connectivity index (χ3v) is 5.15. The van der Waals surface area contributed by atoms with Crippen LogP contribution in [0, 0.1) is 12.8 Å². The smallest absolute Gasteiger partial charge is 0.223 e. The Morgan fingerprint density at radius 2 is 2.29 bits per heavy atom. The number of nitrogens with zero attached hydrogens (tertiary/aromatic N) is 4. The molecule has 4 rings (SSSR count). The summed E-state index contributed by atoms with van der Waals surface area (Å²) in [4.78, 5) is 21.7. The predicted molar refractivity (Wildman–Crippen MR) is 89.5 cm³/mol. The molecule has 0 fully saturated rings. The van der Waals surface area contributed by atoms with Crippen molar-refractivity contribution in [3.63, 3.8) is 0 Å². The molecule has 6 nitrogen and oxygen atoms in total. The average Bonchev–Trinajstić information content (AvgIpc) is 3.22. The molecular weight excluding hydrogens is 302 g/mol. The summed E-state index contributed by atoms with van der Waals surface area (Å²) in [6.45, 7) is 3.50. The fourth-order valence-electron chi connectivity index (χ4n) is 3.83. The fourth-order valence-corrected chi connectivity index (χ4v) is 3.83. The van der Waals surface area contributed by atoms with Crippen LogP contribution in [-0.4, -0.2) is 32.2 Å². The normalized spacial score (nSPS) is 19.0. The van der Waals surface area contributed by atoms with Crippen LogP contribution in [0.5, 0.6) is 0 Å². The summed E-state index contributed by atoms with van der Waals surface area (Å²) in [6.07, 6.45) is 7.50. The second-order valence-electron chi connectivity index (χ2n) is 6.78. The molecule has 1 aliphatic carbocycles. The Hall–Kier alpha value is -2.24. The van der Waals surface area contributed by atoms with Gasteiger partial charge >= 0.3 is 0 Å². The van der Waals surface area contributed by atoms with E-state index in [2.05, 4.69) is 27.3 Å². The maximum Gasteiger partial charge on any atom is 0.223 e. The van der Waals surface area contributed by atoms with E-state index in [9.17, 15) is 4.79 Å². The molecule has 1 unspecified atom stereocenters. The highest BCUT2D eigenvalue weighted by molar-refractivity contribution is 5.79. The van der Waals surface area contributed by atoms with E-state index < -0.39 is 0 Å². The zero-order valence-corrected chi connectivity index (χ0v) is 14.1. The zero-order chi connectivity index (χ0) is 16.5. The van der Waals surface area contributed by atoms with Gasteiger partial charge in [0, 0.05) is 55.1 Å². The molecule has 2 aliphatic rings. The number of amides is 1. The summed E-state index contributed by atoms with van der Waals surface area (Å²) in [7, 11) is 0. The van der Waals surface area contributed by atoms with E-state index in [1.54, 1.807) is 0 Å². The van der Waals surface area contributed by atoms with Crippen LogP contribution in [0.2, 0.25) is 0 Å². The summed E-state index contributed by atoms with van der Waals surface area (Å²) in [5, 5.41) is 7.32. The number of hydrogen-bond donors (Lipinski definition) is 1. The van der Waals surface area contributed by atoms with Gasteiger partial charge in [-0.1, -0.05) is 0 Å². The van der Waals surface area contributed by atoms with Crippen molar-refractivity contribution in [3.05, 3.63) is 40.7 Å². The Morgan fingerprint density at radius 3 is 3.21 bits per heavy atom. The topological polar surface area (TPSA) is 72.7 Å². The Morgan fingerprint density at radius 1 is 1.38 bits per heavy atom. The molecule has 6 heteroatoms. The number of carbonyl (C=O) groups is 1. The highest BCUT2D eigenvalue weighted by Crippen LogP contribution is 2.22. The van der Waals surface area contributed by atoms with Crippen molar-refractivity contribution in [2.75, 3.05) is 6.54 Å². The van der Waals surface area contributed by atoms with E-state index >= 15 is 0 Å². The van der Waals surface area contributed by atoms with Crippen LogP contribution in [0.15, 0.2) is 12.3 Å². The monoisotopic (exact) mass is 325 g/mol. The molecule has 0 saturated carbocycles. The van der Waals surface area contributed by atoms with Crippen molar-refractivity contribution in [2.45, 2.75) is 52.0 Å². The van der Waals surface area contributed by atoms with Crippen molar-refractivity contribution in [2.24, 2.45) is 5.92 Å². The van der Waals surface area contributed by atoms with Gasteiger partial charge in [-0.25, -0.2) is 9.97 Å². The molecule has 3 heterocycles. The molecule has 0 bridgehead atoms. The Bertz CT molecular complexity index is 767. The van der Waals surface area contributed by atoms with Gasteiger partial charge in [-0.15, -0.1) is 0 Å². The highest BCUT2D eigenvalue weighted by atomic mass is 16.1. The van der Waals surface area contributed by atoms with Gasteiger partial charge in [-0.05, 0) is 44.2 Å². The minimum absolute atomic E-state index is 0.0527. The van der Waals surface area contributed by atoms with E-state index in [0.717, 1.165) is 49.4 Å². The summed E-state index contributed by atoms with van der Waals surface area (Å²) >= 11 is 0. The third-order valence-electron chi connectivity index (χ3n) is 5.15. The lowest BCUT2D eigenvalue weighted by Gasteiger charge is -2.22. The first-order valence-corrected chi connectivity index (χ1v) is 8.84. The molecule has 0 saturated heterocycles. The number of aromatic nitrogens is 4. The number of fused-ring (bicyclic) bond motifs is 2. The van der Waals surface area contributed by atoms with Crippen LogP contribution in [0.25, 0.3) is 0 Å². The molecule has 24 heavy (non-hydrogen) atoms. The van der Waals surface area contributed by atoms with Gasteiger partial charge in [0.05, 0.1) is 0 Å². The van der Waals surface area contributed by atoms with Gasteiger partial charge in [0.25, 0.3) is 0 Å². The Kier molecular flexibility index (Phi) is 4.04. The van der Waals surface area contributed by atoms with E-state index in [4.69, 9.17) is 0 Å². The van der Waals surface area contributed by atoms with Crippen molar-refractivity contribution in [3.8, 4) is 0 Å². The standard InChI is InChI=1S/C18H23N5O/c1-12-15-3-2-4-16(15)22-17(21-12)6-8-19-18(24)13-7-10-23-14(11-13)5-9-20-23/h5,9,13H,2-4,6-8,10-11H2,1H3,(H,19,24). The minimum atomic E-state index is 0.0527. The number of carbonyl (C=O) groups excluding carboxylic acids is 1. The van der Waals surface area contributed by atoms with Gasteiger partial charge in [-0.3, -0.25) is 9.48 Å². The van der Waals surface area contributed by atoms with Crippen LogP contribution in [0.4, 0.5) is 0 Å². The van der Waals surface area contributed by atoms with Crippen LogP contribution in [0.3, 0.4) is 0 Å². The summed E-state index contributed by atoms with van der Waals surface area (Å²) in [5.74, 6) is 1.05. The van der Waals surface area contributed by atoms with Crippen LogP contribution in [0.1, 0.15) is 41.3 Å². The molecule has 2 aromatic heterocycles. The lowest BCUT2D eigenvalue weighted by atomic mass is 9.95. The molecule has 1 atom stereocenters. The van der Waals surface area contributed by atoms with Crippen molar-refractivity contribution in [1.82, 2.24) is 25.1 Å². The largest absolute Gasteiger partial charge is 0.355 e. The number of aryl methyl sites for hydroxylation is 3. The lowest BCUT2D eigenvalue weighted by Crippen LogP contribution is -2.36. The average molecular weight is 325 g/mol. The third kappa shape index (κ3) is 2.92. The SMILES string of the molecule is Cc1nc(CCNC(=O)C2CCn3nccc3C2)nc2c1CCC2. The number of nitrogens with one attached hydrogen (secondary N) is 1. The second kappa shape index (κ2) is 6.34. The van der Waals surface area contributed by atoms with E-state index in [-0.39, 0.29) is 11.8 Å². The van der Waals surface area contributed by atoms with Crippen molar-refractivity contribution < 1.29 is 4.79 Å². The molecule has 0 radical (unpaired) electrons. The van der Waals surface area contributed by atoms with E-state index in [1.807, 2.05) is 16.9 Å². The van der Waals surface area contributed by atoms with Crippen LogP contribution in [-0.2, 0) is 37.0 Å². The first kappa shape index (κ1) is 15.3. The summed E-state index contributed by atoms with van der Waals surface area (Å²) in [5.41, 5.74) is 4.81. The maximum atomic E-state index is 12.4. The summed E-state index contributed by atoms with van der Waals surface area (Å²) < 4.78 is 1.99. The zero-order valence-electron chi connectivity index (χ0n) is 14.1. The molecule has 0 aromatic carbocycles. The molecule has 1 amide bonds.